The van der Waals surface area contributed by atoms with Crippen molar-refractivity contribution in [2.45, 2.75) is 63.7 Å². The summed E-state index contributed by atoms with van der Waals surface area (Å²) in [5.74, 6) is 0. The van der Waals surface area contributed by atoms with E-state index in [2.05, 4.69) is 25.7 Å². The van der Waals surface area contributed by atoms with Crippen LogP contribution < -0.4 is 5.73 Å². The van der Waals surface area contributed by atoms with Gasteiger partial charge in [0.05, 0.1) is 0 Å². The topological polar surface area (TPSA) is 29.3 Å². The van der Waals surface area contributed by atoms with Crippen LogP contribution in [0.3, 0.4) is 0 Å². The molecule has 2 bridgehead atoms. The molecular formula is C10H20N2. The maximum absolute atomic E-state index is 6.25. The first kappa shape index (κ1) is 8.52. The summed E-state index contributed by atoms with van der Waals surface area (Å²) < 4.78 is 0. The summed E-state index contributed by atoms with van der Waals surface area (Å²) in [7, 11) is 0. The van der Waals surface area contributed by atoms with Gasteiger partial charge in [0.25, 0.3) is 0 Å². The number of hydrogen-bond acceptors (Lipinski definition) is 2. The quantitative estimate of drug-likeness (QED) is 0.640. The molecule has 2 N–H and O–H groups in total. The van der Waals surface area contributed by atoms with Crippen LogP contribution in [-0.2, 0) is 0 Å². The Morgan fingerprint density at radius 2 is 2.08 bits per heavy atom. The minimum Gasteiger partial charge on any atom is -0.324 e. The Bertz CT molecular complexity index is 186. The summed E-state index contributed by atoms with van der Waals surface area (Å²) in [6.07, 6.45) is 3.89. The Labute approximate surface area is 75.1 Å². The molecule has 0 unspecified atom stereocenters. The predicted octanol–water partition coefficient (Wildman–Crippen LogP) is 1.35. The van der Waals surface area contributed by atoms with Crippen LogP contribution in [0.15, 0.2) is 0 Å². The third-order valence-corrected chi connectivity index (χ3v) is 3.59. The van der Waals surface area contributed by atoms with E-state index in [1.54, 1.807) is 0 Å². The average molecular weight is 168 g/mol. The predicted molar refractivity (Wildman–Crippen MR) is 51.0 cm³/mol. The lowest BCUT2D eigenvalue weighted by molar-refractivity contribution is 0.183. The van der Waals surface area contributed by atoms with Crippen LogP contribution in [0, 0.1) is 0 Å². The van der Waals surface area contributed by atoms with Crippen molar-refractivity contribution in [3.63, 3.8) is 0 Å². The summed E-state index contributed by atoms with van der Waals surface area (Å²) in [4.78, 5) is 2.62. The minimum atomic E-state index is 0.0905. The summed E-state index contributed by atoms with van der Waals surface area (Å²) >= 11 is 0. The van der Waals surface area contributed by atoms with Gasteiger partial charge < -0.3 is 5.73 Å². The second kappa shape index (κ2) is 2.46. The molecule has 3 atom stereocenters. The van der Waals surface area contributed by atoms with Gasteiger partial charge in [0.15, 0.2) is 0 Å². The van der Waals surface area contributed by atoms with Crippen molar-refractivity contribution in [3.8, 4) is 0 Å². The van der Waals surface area contributed by atoms with Crippen LogP contribution in [0.4, 0.5) is 0 Å². The molecule has 0 aromatic rings. The fraction of sp³-hybridized carbons (Fsp3) is 1.00. The third kappa shape index (κ3) is 1.01. The Morgan fingerprint density at radius 3 is 2.33 bits per heavy atom. The fourth-order valence-corrected chi connectivity index (χ4v) is 3.21. The minimum absolute atomic E-state index is 0.0905. The van der Waals surface area contributed by atoms with Gasteiger partial charge in [-0.15, -0.1) is 0 Å². The second-order valence-electron chi connectivity index (χ2n) is 5.00. The van der Waals surface area contributed by atoms with Crippen LogP contribution in [0.5, 0.6) is 0 Å². The fourth-order valence-electron chi connectivity index (χ4n) is 3.21. The molecule has 70 valence electrons. The van der Waals surface area contributed by atoms with Crippen LogP contribution in [0.1, 0.15) is 40.0 Å². The van der Waals surface area contributed by atoms with Crippen LogP contribution in [0.2, 0.25) is 0 Å². The molecule has 0 spiro atoms. The molecule has 0 aliphatic carbocycles. The Balaban J connectivity index is 2.20. The molecule has 2 saturated heterocycles. The molecule has 2 heterocycles. The van der Waals surface area contributed by atoms with Crippen molar-refractivity contribution in [1.29, 1.82) is 0 Å². The molecule has 0 amide bonds. The van der Waals surface area contributed by atoms with Gasteiger partial charge in [-0.2, -0.15) is 0 Å². The van der Waals surface area contributed by atoms with E-state index in [0.717, 1.165) is 6.04 Å². The summed E-state index contributed by atoms with van der Waals surface area (Å²) in [5, 5.41) is 0. The van der Waals surface area contributed by atoms with Crippen LogP contribution >= 0.6 is 0 Å². The lowest BCUT2D eigenvalue weighted by atomic mass is 9.84. The maximum Gasteiger partial charge on any atom is 0.0298 e. The number of hydrogen-bond donors (Lipinski definition) is 1. The van der Waals surface area contributed by atoms with E-state index >= 15 is 0 Å². The van der Waals surface area contributed by atoms with Gasteiger partial charge in [-0.1, -0.05) is 0 Å². The van der Waals surface area contributed by atoms with Crippen LogP contribution in [0.25, 0.3) is 0 Å². The van der Waals surface area contributed by atoms with Crippen molar-refractivity contribution in [3.05, 3.63) is 0 Å². The summed E-state index contributed by atoms with van der Waals surface area (Å²) in [5.41, 5.74) is 6.34. The maximum atomic E-state index is 6.25. The zero-order valence-corrected chi connectivity index (χ0v) is 8.38. The number of fused-ring (bicyclic) bond motifs is 2. The molecule has 2 rings (SSSR count). The highest BCUT2D eigenvalue weighted by Crippen LogP contribution is 2.43. The van der Waals surface area contributed by atoms with Gasteiger partial charge in [0.2, 0.25) is 0 Å². The molecule has 0 radical (unpaired) electrons. The van der Waals surface area contributed by atoms with Gasteiger partial charge in [0, 0.05) is 23.7 Å². The first-order valence-electron chi connectivity index (χ1n) is 5.08. The van der Waals surface area contributed by atoms with Crippen molar-refractivity contribution in [2.75, 3.05) is 0 Å². The number of rotatable bonds is 1. The van der Waals surface area contributed by atoms with Crippen LogP contribution in [-0.4, -0.2) is 28.6 Å². The monoisotopic (exact) mass is 168 g/mol. The van der Waals surface area contributed by atoms with E-state index < -0.39 is 0 Å². The second-order valence-corrected chi connectivity index (χ2v) is 5.00. The first-order chi connectivity index (χ1) is 5.52. The zero-order chi connectivity index (χ0) is 8.93. The average Bonchev–Trinajstić information content (AvgIpc) is 2.38. The van der Waals surface area contributed by atoms with Gasteiger partial charge >= 0.3 is 0 Å². The lowest BCUT2D eigenvalue weighted by Gasteiger charge is -2.31. The van der Waals surface area contributed by atoms with E-state index in [-0.39, 0.29) is 5.54 Å². The number of nitrogens with zero attached hydrogens (tertiary/aromatic N) is 1. The highest BCUT2D eigenvalue weighted by atomic mass is 15.3. The molecule has 2 aliphatic heterocycles. The molecule has 0 aromatic heterocycles. The molecular weight excluding hydrogens is 148 g/mol. The Hall–Kier alpha value is -0.0800. The van der Waals surface area contributed by atoms with Crippen molar-refractivity contribution in [2.24, 2.45) is 5.73 Å². The van der Waals surface area contributed by atoms with E-state index in [4.69, 9.17) is 5.73 Å². The van der Waals surface area contributed by atoms with Crippen molar-refractivity contribution < 1.29 is 0 Å². The van der Waals surface area contributed by atoms with Gasteiger partial charge in [-0.3, -0.25) is 4.90 Å². The summed E-state index contributed by atoms with van der Waals surface area (Å²) in [6, 6.07) is 2.11. The van der Waals surface area contributed by atoms with Crippen molar-refractivity contribution >= 4 is 0 Å². The lowest BCUT2D eigenvalue weighted by Crippen LogP contribution is -2.49. The van der Waals surface area contributed by atoms with Gasteiger partial charge in [0.1, 0.15) is 0 Å². The molecule has 2 aliphatic rings. The van der Waals surface area contributed by atoms with E-state index in [9.17, 15) is 0 Å². The van der Waals surface area contributed by atoms with E-state index in [1.807, 2.05) is 0 Å². The van der Waals surface area contributed by atoms with E-state index in [1.165, 1.54) is 19.3 Å². The molecule has 0 aromatic carbocycles. The SMILES string of the molecule is CC(C)N1[C@H]2CC[C@@H]1[C@@](C)(N)C2. The Morgan fingerprint density at radius 1 is 1.42 bits per heavy atom. The van der Waals surface area contributed by atoms with E-state index in [0.29, 0.717) is 12.1 Å². The highest BCUT2D eigenvalue weighted by molar-refractivity contribution is 5.10. The third-order valence-electron chi connectivity index (χ3n) is 3.59. The van der Waals surface area contributed by atoms with Crippen molar-refractivity contribution in [1.82, 2.24) is 4.90 Å². The van der Waals surface area contributed by atoms with Gasteiger partial charge in [-0.05, 0) is 40.0 Å². The summed E-state index contributed by atoms with van der Waals surface area (Å²) in [6.45, 7) is 6.78. The molecule has 2 fully saturated rings. The largest absolute Gasteiger partial charge is 0.324 e. The molecule has 2 heteroatoms. The van der Waals surface area contributed by atoms with Gasteiger partial charge in [-0.25, -0.2) is 0 Å². The smallest absolute Gasteiger partial charge is 0.0298 e. The number of nitrogens with two attached hydrogens (primary N) is 1. The molecule has 0 saturated carbocycles. The normalized spacial score (nSPS) is 47.8. The Kier molecular flexibility index (Phi) is 1.74. The molecule has 12 heavy (non-hydrogen) atoms. The molecule has 2 nitrogen and oxygen atoms in total. The first-order valence-corrected chi connectivity index (χ1v) is 5.08. The standard InChI is InChI=1S/C10H20N2/c1-7(2)12-8-4-5-9(12)10(3,11)6-8/h7-9H,4-6,11H2,1-3H3/t8-,9+,10-/m0/s1. The highest BCUT2D eigenvalue weighted by Gasteiger charge is 2.51. The zero-order valence-electron chi connectivity index (χ0n) is 8.38.